The Morgan fingerprint density at radius 2 is 1.48 bits per heavy atom. The average molecular weight is 904 g/mol. The summed E-state index contributed by atoms with van der Waals surface area (Å²) in [5.74, 6) is -6.14. The highest BCUT2D eigenvalue weighted by Crippen LogP contribution is 2.33. The van der Waals surface area contributed by atoms with Gasteiger partial charge in [0.15, 0.2) is 0 Å². The van der Waals surface area contributed by atoms with Crippen molar-refractivity contribution < 1.29 is 66.4 Å². The number of ether oxygens (including phenoxy) is 4. The van der Waals surface area contributed by atoms with Gasteiger partial charge in [-0.1, -0.05) is 6.07 Å². The molecule has 7 rings (SSSR count). The molecule has 0 saturated carbocycles. The average Bonchev–Trinajstić information content (AvgIpc) is 3.93. The maximum absolute atomic E-state index is 13.5. The van der Waals surface area contributed by atoms with Crippen molar-refractivity contribution in [3.8, 4) is 0 Å². The first-order chi connectivity index (χ1) is 31.3. The zero-order valence-electron chi connectivity index (χ0n) is 35.0. The van der Waals surface area contributed by atoms with Gasteiger partial charge in [-0.2, -0.15) is 0 Å². The number of aromatic amines is 1. The third kappa shape index (κ3) is 10.8. The zero-order chi connectivity index (χ0) is 46.1. The van der Waals surface area contributed by atoms with Crippen LogP contribution in [0.5, 0.6) is 0 Å². The van der Waals surface area contributed by atoms with E-state index < -0.39 is 58.7 Å². The molecule has 7 amide bonds. The predicted molar refractivity (Wildman–Crippen MR) is 226 cm³/mol. The molecule has 0 radical (unpaired) electrons. The molecule has 2 saturated heterocycles. The van der Waals surface area contributed by atoms with E-state index in [1.165, 1.54) is 11.0 Å². The fourth-order valence-corrected chi connectivity index (χ4v) is 7.63. The van der Waals surface area contributed by atoms with Gasteiger partial charge in [0.1, 0.15) is 23.4 Å². The summed E-state index contributed by atoms with van der Waals surface area (Å²) in [6.07, 6.45) is -0.0879. The first-order valence-corrected chi connectivity index (χ1v) is 20.9. The van der Waals surface area contributed by atoms with Crippen LogP contribution in [0, 0.1) is 11.6 Å². The Hall–Kier alpha value is -6.65. The van der Waals surface area contributed by atoms with E-state index in [4.69, 9.17) is 18.9 Å². The Morgan fingerprint density at radius 3 is 2.17 bits per heavy atom. The van der Waals surface area contributed by atoms with Gasteiger partial charge >= 0.3 is 0 Å². The molecule has 3 aliphatic rings. The largest absolute Gasteiger partial charge is 0.382 e. The maximum Gasteiger partial charge on any atom is 0.268 e. The summed E-state index contributed by atoms with van der Waals surface area (Å²) in [6.45, 7) is 2.72. The van der Waals surface area contributed by atoms with Crippen molar-refractivity contribution in [1.82, 2.24) is 25.8 Å². The number of carbonyl (C=O) groups is 7. The van der Waals surface area contributed by atoms with Crippen LogP contribution in [0.15, 0.2) is 60.7 Å². The molecule has 0 aliphatic carbocycles. The number of rotatable bonds is 22. The van der Waals surface area contributed by atoms with Crippen LogP contribution < -0.4 is 26.2 Å². The van der Waals surface area contributed by atoms with Crippen LogP contribution in [0.4, 0.5) is 20.2 Å². The van der Waals surface area contributed by atoms with Crippen LogP contribution in [-0.2, 0) is 44.7 Å². The number of fused-ring (bicyclic) bond motifs is 2. The predicted octanol–water partition coefficient (Wildman–Crippen LogP) is 1.54. The molecular weight excluding hydrogens is 857 g/mol. The van der Waals surface area contributed by atoms with Crippen LogP contribution in [0.1, 0.15) is 56.0 Å². The van der Waals surface area contributed by atoms with Crippen molar-refractivity contribution >= 4 is 63.6 Å². The number of anilines is 2. The summed E-state index contributed by atoms with van der Waals surface area (Å²) in [5.41, 5.74) is -0.145. The molecule has 2 atom stereocenters. The number of nitrogens with one attached hydrogen (secondary N) is 5. The number of halogens is 2. The highest BCUT2D eigenvalue weighted by Gasteiger charge is 2.52. The van der Waals surface area contributed by atoms with E-state index >= 15 is 0 Å². The van der Waals surface area contributed by atoms with Crippen LogP contribution in [-0.4, -0.2) is 140 Å². The molecule has 344 valence electrons. The van der Waals surface area contributed by atoms with Crippen molar-refractivity contribution in [1.29, 1.82) is 0 Å². The van der Waals surface area contributed by atoms with E-state index in [0.29, 0.717) is 74.5 Å². The second-order valence-corrected chi connectivity index (χ2v) is 15.3. The Labute approximate surface area is 370 Å². The SMILES string of the molecule is O=C1CCC(N2C(=O)c3cccc(NCCOCCOCCOCCOCCNC(=O)c4cc5cc(N6CC[C@](O)(C(=O)NCc7cc(F)cc(F)c7)C6=O)ccc5[nH]4)c3C2=O)C(=O)N1. The standard InChI is InChI=1S/C44H47F2N7O12/c45-28-20-26(21-29(46)24-28)25-49-42(59)44(61)8-11-52(43(44)60)30-4-5-32-27(22-30)23-34(50-32)38(55)48-10-13-63-15-17-65-19-18-64-16-14-62-12-9-47-33-3-1-2-31-37(33)41(58)53(40(31)57)35-6-7-36(54)51-39(35)56/h1-5,20-24,35,47,50,61H,6-19,25H2,(H,48,55)(H,49,59)(H,51,54,56)/t35?,44-/m0/s1. The molecule has 0 bridgehead atoms. The number of benzene rings is 3. The van der Waals surface area contributed by atoms with Gasteiger partial charge < -0.3 is 49.9 Å². The lowest BCUT2D eigenvalue weighted by atomic mass is 10.0. The summed E-state index contributed by atoms with van der Waals surface area (Å²) in [4.78, 5) is 94.2. The summed E-state index contributed by atoms with van der Waals surface area (Å²) in [5, 5.41) is 22.0. The van der Waals surface area contributed by atoms with Crippen LogP contribution >= 0.6 is 0 Å². The number of aromatic nitrogens is 1. The second kappa shape index (κ2) is 20.9. The van der Waals surface area contributed by atoms with Gasteiger partial charge in [0, 0.05) is 67.4 Å². The minimum absolute atomic E-state index is 0.0332. The van der Waals surface area contributed by atoms with E-state index in [1.54, 1.807) is 36.4 Å². The van der Waals surface area contributed by atoms with E-state index in [0.717, 1.165) is 17.0 Å². The molecule has 2 fully saturated rings. The van der Waals surface area contributed by atoms with Gasteiger partial charge in [-0.15, -0.1) is 0 Å². The van der Waals surface area contributed by atoms with Crippen molar-refractivity contribution in [3.63, 3.8) is 0 Å². The number of piperidine rings is 1. The fourth-order valence-electron chi connectivity index (χ4n) is 7.63. The molecular formula is C44H47F2N7O12. The van der Waals surface area contributed by atoms with Gasteiger partial charge in [0.25, 0.3) is 29.5 Å². The Bertz CT molecular complexity index is 2460. The number of amides is 7. The Balaban J connectivity index is 0.717. The molecule has 3 aliphatic heterocycles. The highest BCUT2D eigenvalue weighted by atomic mass is 19.1. The number of carbonyl (C=O) groups excluding carboxylic acids is 7. The Kier molecular flexibility index (Phi) is 14.9. The van der Waals surface area contributed by atoms with Gasteiger partial charge in [0.2, 0.25) is 17.4 Å². The smallest absolute Gasteiger partial charge is 0.268 e. The summed E-state index contributed by atoms with van der Waals surface area (Å²) < 4.78 is 49.2. The zero-order valence-corrected chi connectivity index (χ0v) is 35.0. The number of hydrogen-bond acceptors (Lipinski definition) is 13. The van der Waals surface area contributed by atoms with Gasteiger partial charge in [-0.3, -0.25) is 43.8 Å². The lowest BCUT2D eigenvalue weighted by Crippen LogP contribution is -2.54. The van der Waals surface area contributed by atoms with Crippen LogP contribution in [0.3, 0.4) is 0 Å². The van der Waals surface area contributed by atoms with E-state index in [-0.39, 0.29) is 80.4 Å². The van der Waals surface area contributed by atoms with Crippen molar-refractivity contribution in [2.45, 2.75) is 37.5 Å². The molecule has 21 heteroatoms. The third-order valence-corrected chi connectivity index (χ3v) is 10.9. The van der Waals surface area contributed by atoms with Gasteiger partial charge in [-0.05, 0) is 60.5 Å². The fraction of sp³-hybridized carbons (Fsp3) is 0.386. The molecule has 4 aromatic rings. The minimum Gasteiger partial charge on any atom is -0.382 e. The molecule has 3 aromatic carbocycles. The summed E-state index contributed by atoms with van der Waals surface area (Å²) in [6, 6.07) is 13.1. The number of aliphatic hydroxyl groups is 1. The van der Waals surface area contributed by atoms with E-state index in [2.05, 4.69) is 26.3 Å². The quantitative estimate of drug-likeness (QED) is 0.0373. The normalized spacial score (nSPS) is 18.4. The number of nitrogens with zero attached hydrogens (tertiary/aromatic N) is 2. The highest BCUT2D eigenvalue weighted by molar-refractivity contribution is 6.25. The molecule has 1 aromatic heterocycles. The lowest BCUT2D eigenvalue weighted by Gasteiger charge is -2.27. The molecule has 65 heavy (non-hydrogen) atoms. The molecule has 4 heterocycles. The summed E-state index contributed by atoms with van der Waals surface area (Å²) in [7, 11) is 0. The topological polar surface area (TPSA) is 247 Å². The van der Waals surface area contributed by atoms with Crippen molar-refractivity contribution in [2.24, 2.45) is 0 Å². The van der Waals surface area contributed by atoms with Crippen LogP contribution in [0.2, 0.25) is 0 Å². The van der Waals surface area contributed by atoms with E-state index in [1.807, 2.05) is 0 Å². The number of hydrogen-bond donors (Lipinski definition) is 6. The first kappa shape index (κ1) is 46.3. The van der Waals surface area contributed by atoms with Crippen LogP contribution in [0.25, 0.3) is 10.9 Å². The van der Waals surface area contributed by atoms with E-state index in [9.17, 15) is 47.4 Å². The van der Waals surface area contributed by atoms with Gasteiger partial charge in [-0.25, -0.2) is 8.78 Å². The summed E-state index contributed by atoms with van der Waals surface area (Å²) >= 11 is 0. The maximum atomic E-state index is 13.5. The second-order valence-electron chi connectivity index (χ2n) is 15.3. The van der Waals surface area contributed by atoms with Crippen molar-refractivity contribution in [3.05, 3.63) is 94.7 Å². The molecule has 1 unspecified atom stereocenters. The number of imide groups is 2. The lowest BCUT2D eigenvalue weighted by molar-refractivity contribution is -0.149. The molecule has 0 spiro atoms. The first-order valence-electron chi connectivity index (χ1n) is 20.9. The molecule has 19 nitrogen and oxygen atoms in total. The molecule has 6 N–H and O–H groups in total. The number of H-pyrrole nitrogens is 1. The monoisotopic (exact) mass is 903 g/mol. The van der Waals surface area contributed by atoms with Gasteiger partial charge in [0.05, 0.1) is 64.0 Å². The third-order valence-electron chi connectivity index (χ3n) is 10.9. The van der Waals surface area contributed by atoms with Crippen molar-refractivity contribution in [2.75, 3.05) is 82.7 Å². The Morgan fingerprint density at radius 1 is 0.800 bits per heavy atom. The minimum atomic E-state index is -2.37.